The summed E-state index contributed by atoms with van der Waals surface area (Å²) in [6.07, 6.45) is 0.754. The van der Waals surface area contributed by atoms with Crippen LogP contribution >= 0.6 is 0 Å². The van der Waals surface area contributed by atoms with E-state index in [4.69, 9.17) is 0 Å². The second-order valence-electron chi connectivity index (χ2n) is 4.61. The minimum atomic E-state index is -2.92. The molecule has 98 valence electrons. The lowest BCUT2D eigenvalue weighted by Crippen LogP contribution is -2.40. The van der Waals surface area contributed by atoms with Crippen LogP contribution in [0.2, 0.25) is 0 Å². The average molecular weight is 252 g/mol. The first-order valence-corrected chi connectivity index (χ1v) is 7.54. The van der Waals surface area contributed by atoms with Gasteiger partial charge in [-0.2, -0.15) is 0 Å². The molecule has 0 aromatic carbocycles. The number of aliphatic hydroxyl groups is 1. The van der Waals surface area contributed by atoms with E-state index in [0.29, 0.717) is 25.7 Å². The predicted octanol–water partition coefficient (Wildman–Crippen LogP) is -0.678. The van der Waals surface area contributed by atoms with Crippen LogP contribution in [0, 0.1) is 0 Å². The molecular weight excluding hydrogens is 228 g/mol. The molecule has 0 aliphatic rings. The summed E-state index contributed by atoms with van der Waals surface area (Å²) in [6, 6.07) is 0.343. The van der Waals surface area contributed by atoms with Crippen molar-refractivity contribution in [2.45, 2.75) is 26.0 Å². The molecule has 0 saturated carbocycles. The molecule has 0 rings (SSSR count). The Hall–Kier alpha value is -0.170. The summed E-state index contributed by atoms with van der Waals surface area (Å²) in [5, 5.41) is 12.8. The van der Waals surface area contributed by atoms with E-state index in [-0.39, 0.29) is 5.75 Å². The van der Waals surface area contributed by atoms with Gasteiger partial charge in [0.15, 0.2) is 0 Å². The van der Waals surface area contributed by atoms with E-state index in [9.17, 15) is 13.5 Å². The Morgan fingerprint density at radius 1 is 1.38 bits per heavy atom. The van der Waals surface area contributed by atoms with E-state index in [1.54, 1.807) is 0 Å². The van der Waals surface area contributed by atoms with E-state index in [0.717, 1.165) is 0 Å². The van der Waals surface area contributed by atoms with Crippen LogP contribution in [-0.2, 0) is 9.84 Å². The Kier molecular flexibility index (Phi) is 7.14. The van der Waals surface area contributed by atoms with Crippen LogP contribution in [-0.4, -0.2) is 69.3 Å². The van der Waals surface area contributed by atoms with Crippen molar-refractivity contribution < 1.29 is 13.5 Å². The first-order valence-electron chi connectivity index (χ1n) is 5.48. The van der Waals surface area contributed by atoms with Gasteiger partial charge >= 0.3 is 0 Å². The number of aliphatic hydroxyl groups excluding tert-OH is 1. The first-order chi connectivity index (χ1) is 7.20. The van der Waals surface area contributed by atoms with Gasteiger partial charge in [0.1, 0.15) is 9.84 Å². The molecule has 0 spiro atoms. The maximum atomic E-state index is 10.9. The fraction of sp³-hybridized carbons (Fsp3) is 1.00. The van der Waals surface area contributed by atoms with Crippen LogP contribution in [0.15, 0.2) is 0 Å². The van der Waals surface area contributed by atoms with Crippen LogP contribution in [0.25, 0.3) is 0 Å². The van der Waals surface area contributed by atoms with E-state index in [2.05, 4.69) is 5.32 Å². The summed E-state index contributed by atoms with van der Waals surface area (Å²) in [4.78, 5) is 1.83. The highest BCUT2D eigenvalue weighted by molar-refractivity contribution is 7.90. The van der Waals surface area contributed by atoms with E-state index in [1.165, 1.54) is 6.26 Å². The Labute approximate surface area is 98.8 Å². The van der Waals surface area contributed by atoms with Crippen molar-refractivity contribution in [3.05, 3.63) is 0 Å². The van der Waals surface area contributed by atoms with E-state index < -0.39 is 15.9 Å². The van der Waals surface area contributed by atoms with Crippen molar-refractivity contribution in [2.75, 3.05) is 38.7 Å². The van der Waals surface area contributed by atoms with E-state index >= 15 is 0 Å². The zero-order valence-corrected chi connectivity index (χ0v) is 11.4. The van der Waals surface area contributed by atoms with E-state index in [1.807, 2.05) is 25.8 Å². The standard InChI is InChI=1S/C10H24N2O3S/c1-9(2)11-7-10(13)8-12(3)5-6-16(4,14)15/h9-11,13H,5-8H2,1-4H3. The minimum absolute atomic E-state index is 0.133. The third-order valence-electron chi connectivity index (χ3n) is 2.13. The van der Waals surface area contributed by atoms with Gasteiger partial charge in [-0.05, 0) is 7.05 Å². The molecular formula is C10H24N2O3S. The number of hydrogen-bond acceptors (Lipinski definition) is 5. The summed E-state index contributed by atoms with van der Waals surface area (Å²) in [5.41, 5.74) is 0. The second kappa shape index (κ2) is 7.21. The molecule has 0 aliphatic carbocycles. The first kappa shape index (κ1) is 15.8. The third-order valence-corrected chi connectivity index (χ3v) is 3.05. The Bertz CT molecular complexity index is 278. The summed E-state index contributed by atoms with van der Waals surface area (Å²) in [6.45, 7) is 5.49. The minimum Gasteiger partial charge on any atom is -0.390 e. The largest absolute Gasteiger partial charge is 0.390 e. The maximum absolute atomic E-state index is 10.9. The van der Waals surface area contributed by atoms with Gasteiger partial charge in [0.2, 0.25) is 0 Å². The highest BCUT2D eigenvalue weighted by Crippen LogP contribution is 1.92. The summed E-state index contributed by atoms with van der Waals surface area (Å²) in [5.74, 6) is 0.133. The molecule has 6 heteroatoms. The Morgan fingerprint density at radius 2 is 1.94 bits per heavy atom. The van der Waals surface area contributed by atoms with Gasteiger partial charge < -0.3 is 15.3 Å². The molecule has 16 heavy (non-hydrogen) atoms. The predicted molar refractivity (Wildman–Crippen MR) is 66.4 cm³/mol. The molecule has 0 aromatic rings. The van der Waals surface area contributed by atoms with Crippen molar-refractivity contribution in [1.82, 2.24) is 10.2 Å². The Morgan fingerprint density at radius 3 is 2.38 bits per heavy atom. The SMILES string of the molecule is CC(C)NCC(O)CN(C)CCS(C)(=O)=O. The molecule has 1 atom stereocenters. The highest BCUT2D eigenvalue weighted by atomic mass is 32.2. The molecule has 0 amide bonds. The Balaban J connectivity index is 3.74. The molecule has 0 aliphatic heterocycles. The monoisotopic (exact) mass is 252 g/mol. The second-order valence-corrected chi connectivity index (χ2v) is 6.87. The molecule has 0 bridgehead atoms. The molecule has 0 heterocycles. The fourth-order valence-electron chi connectivity index (χ4n) is 1.21. The maximum Gasteiger partial charge on any atom is 0.148 e. The molecule has 0 fully saturated rings. The fourth-order valence-corrected chi connectivity index (χ4v) is 1.85. The van der Waals surface area contributed by atoms with Crippen LogP contribution in [0.3, 0.4) is 0 Å². The van der Waals surface area contributed by atoms with Gasteiger partial charge in [-0.25, -0.2) is 8.42 Å². The van der Waals surface area contributed by atoms with Crippen molar-refractivity contribution in [2.24, 2.45) is 0 Å². The zero-order valence-electron chi connectivity index (χ0n) is 10.6. The molecule has 0 saturated heterocycles. The molecule has 0 radical (unpaired) electrons. The van der Waals surface area contributed by atoms with Crippen LogP contribution < -0.4 is 5.32 Å². The lowest BCUT2D eigenvalue weighted by molar-refractivity contribution is 0.125. The number of hydrogen-bond donors (Lipinski definition) is 2. The van der Waals surface area contributed by atoms with Gasteiger partial charge in [-0.1, -0.05) is 13.8 Å². The van der Waals surface area contributed by atoms with Gasteiger partial charge in [0.25, 0.3) is 0 Å². The number of likely N-dealkylation sites (N-methyl/N-ethyl adjacent to an activating group) is 1. The lowest BCUT2D eigenvalue weighted by atomic mass is 10.3. The van der Waals surface area contributed by atoms with Crippen LogP contribution in [0.4, 0.5) is 0 Å². The molecule has 5 nitrogen and oxygen atoms in total. The highest BCUT2D eigenvalue weighted by Gasteiger charge is 2.10. The van der Waals surface area contributed by atoms with Gasteiger partial charge in [-0.3, -0.25) is 0 Å². The van der Waals surface area contributed by atoms with Crippen molar-refractivity contribution >= 4 is 9.84 Å². The number of nitrogens with one attached hydrogen (secondary N) is 1. The van der Waals surface area contributed by atoms with Crippen molar-refractivity contribution in [1.29, 1.82) is 0 Å². The normalized spacial score (nSPS) is 14.7. The number of sulfone groups is 1. The van der Waals surface area contributed by atoms with Crippen molar-refractivity contribution in [3.63, 3.8) is 0 Å². The summed E-state index contributed by atoms with van der Waals surface area (Å²) >= 11 is 0. The van der Waals surface area contributed by atoms with Gasteiger partial charge in [-0.15, -0.1) is 0 Å². The van der Waals surface area contributed by atoms with Crippen molar-refractivity contribution in [3.8, 4) is 0 Å². The molecule has 2 N–H and O–H groups in total. The smallest absolute Gasteiger partial charge is 0.148 e. The quantitative estimate of drug-likeness (QED) is 0.599. The third kappa shape index (κ3) is 10.4. The molecule has 0 aromatic heterocycles. The lowest BCUT2D eigenvalue weighted by Gasteiger charge is -2.21. The van der Waals surface area contributed by atoms with Crippen LogP contribution in [0.5, 0.6) is 0 Å². The summed E-state index contributed by atoms with van der Waals surface area (Å²) in [7, 11) is -1.11. The number of rotatable bonds is 8. The summed E-state index contributed by atoms with van der Waals surface area (Å²) < 4.78 is 21.9. The van der Waals surface area contributed by atoms with Gasteiger partial charge in [0.05, 0.1) is 11.9 Å². The van der Waals surface area contributed by atoms with Gasteiger partial charge in [0, 0.05) is 31.9 Å². The zero-order chi connectivity index (χ0) is 12.8. The molecule has 1 unspecified atom stereocenters. The average Bonchev–Trinajstić information content (AvgIpc) is 2.10. The topological polar surface area (TPSA) is 69.6 Å². The van der Waals surface area contributed by atoms with Crippen LogP contribution in [0.1, 0.15) is 13.8 Å². The number of nitrogens with zero attached hydrogens (tertiary/aromatic N) is 1.